The summed E-state index contributed by atoms with van der Waals surface area (Å²) < 4.78 is 20.9. The fourth-order valence-corrected chi connectivity index (χ4v) is 2.22. The topological polar surface area (TPSA) is 66.0 Å². The van der Waals surface area contributed by atoms with Crippen molar-refractivity contribution in [2.45, 2.75) is 0 Å². The van der Waals surface area contributed by atoms with Gasteiger partial charge in [-0.2, -0.15) is 0 Å². The van der Waals surface area contributed by atoms with Gasteiger partial charge in [-0.05, 0) is 36.4 Å². The lowest BCUT2D eigenvalue weighted by Gasteiger charge is -2.13. The summed E-state index contributed by atoms with van der Waals surface area (Å²) in [6.45, 7) is 0. The van der Waals surface area contributed by atoms with E-state index in [4.69, 9.17) is 18.9 Å². The molecule has 1 N–H and O–H groups in total. The van der Waals surface area contributed by atoms with Crippen LogP contribution in [0, 0.1) is 0 Å². The number of rotatable bonds is 8. The van der Waals surface area contributed by atoms with E-state index >= 15 is 0 Å². The van der Waals surface area contributed by atoms with Crippen LogP contribution in [0.25, 0.3) is 0 Å². The Morgan fingerprint density at radius 1 is 0.880 bits per heavy atom. The summed E-state index contributed by atoms with van der Waals surface area (Å²) in [4.78, 5) is 12.4. The molecular weight excluding hydrogens is 322 g/mol. The van der Waals surface area contributed by atoms with E-state index in [1.54, 1.807) is 25.4 Å². The molecule has 0 heterocycles. The van der Waals surface area contributed by atoms with Crippen LogP contribution >= 0.6 is 0 Å². The Morgan fingerprint density at radius 3 is 1.96 bits per heavy atom. The predicted molar refractivity (Wildman–Crippen MR) is 96.2 cm³/mol. The standard InChI is InChI=1S/C19H21NO5/c1-22-15-7-5-14(6-8-15)20-10-9-16(21)13-11-17(23-2)19(25-4)18(12-13)24-3/h5-12,20H,1-4H3/b10-9+. The minimum absolute atomic E-state index is 0.194. The first kappa shape index (κ1) is 18.2. The van der Waals surface area contributed by atoms with Gasteiger partial charge in [0.15, 0.2) is 17.3 Å². The number of carbonyl (C=O) groups excluding carboxylic acids is 1. The van der Waals surface area contributed by atoms with E-state index in [-0.39, 0.29) is 5.78 Å². The number of carbonyl (C=O) groups is 1. The number of ketones is 1. The number of anilines is 1. The van der Waals surface area contributed by atoms with E-state index in [0.717, 1.165) is 11.4 Å². The lowest BCUT2D eigenvalue weighted by atomic mass is 10.1. The number of allylic oxidation sites excluding steroid dienone is 1. The van der Waals surface area contributed by atoms with Crippen molar-refractivity contribution in [3.63, 3.8) is 0 Å². The molecule has 2 rings (SSSR count). The van der Waals surface area contributed by atoms with Crippen LogP contribution in [-0.4, -0.2) is 34.2 Å². The summed E-state index contributed by atoms with van der Waals surface area (Å²) >= 11 is 0. The molecule has 0 atom stereocenters. The molecule has 0 radical (unpaired) electrons. The zero-order valence-corrected chi connectivity index (χ0v) is 14.7. The van der Waals surface area contributed by atoms with Gasteiger partial charge in [0, 0.05) is 23.5 Å². The predicted octanol–water partition coefficient (Wildman–Crippen LogP) is 3.53. The highest BCUT2D eigenvalue weighted by molar-refractivity contribution is 6.05. The maximum absolute atomic E-state index is 12.4. The Bertz CT molecular complexity index is 728. The van der Waals surface area contributed by atoms with Gasteiger partial charge in [-0.25, -0.2) is 0 Å². The van der Waals surface area contributed by atoms with Crippen molar-refractivity contribution in [1.29, 1.82) is 0 Å². The summed E-state index contributed by atoms with van der Waals surface area (Å²) in [5.74, 6) is 1.88. The molecule has 0 aliphatic rings. The summed E-state index contributed by atoms with van der Waals surface area (Å²) in [5.41, 5.74) is 1.28. The van der Waals surface area contributed by atoms with Gasteiger partial charge < -0.3 is 24.3 Å². The lowest BCUT2D eigenvalue weighted by molar-refractivity contribution is 0.104. The highest BCUT2D eigenvalue weighted by Crippen LogP contribution is 2.38. The minimum atomic E-state index is -0.194. The maximum atomic E-state index is 12.4. The van der Waals surface area contributed by atoms with Crippen LogP contribution in [0.3, 0.4) is 0 Å². The highest BCUT2D eigenvalue weighted by atomic mass is 16.5. The number of ether oxygens (including phenoxy) is 4. The molecule has 0 saturated heterocycles. The zero-order chi connectivity index (χ0) is 18.2. The number of methoxy groups -OCH3 is 4. The smallest absolute Gasteiger partial charge is 0.203 e. The third-order valence-corrected chi connectivity index (χ3v) is 3.52. The molecule has 0 bridgehead atoms. The quantitative estimate of drug-likeness (QED) is 0.584. The van der Waals surface area contributed by atoms with E-state index in [2.05, 4.69) is 5.32 Å². The van der Waals surface area contributed by atoms with E-state index in [9.17, 15) is 4.79 Å². The molecule has 2 aromatic rings. The van der Waals surface area contributed by atoms with Gasteiger partial charge in [0.05, 0.1) is 28.4 Å². The zero-order valence-electron chi connectivity index (χ0n) is 14.7. The highest BCUT2D eigenvalue weighted by Gasteiger charge is 2.15. The van der Waals surface area contributed by atoms with Gasteiger partial charge in [-0.3, -0.25) is 4.79 Å². The van der Waals surface area contributed by atoms with Crippen molar-refractivity contribution in [3.05, 3.63) is 54.2 Å². The first-order chi connectivity index (χ1) is 12.1. The molecule has 0 amide bonds. The molecule has 0 fully saturated rings. The van der Waals surface area contributed by atoms with Gasteiger partial charge in [0.1, 0.15) is 5.75 Å². The number of nitrogens with one attached hydrogen (secondary N) is 1. The Balaban J connectivity index is 2.13. The third-order valence-electron chi connectivity index (χ3n) is 3.52. The third kappa shape index (κ3) is 4.44. The monoisotopic (exact) mass is 343 g/mol. The molecule has 0 spiro atoms. The van der Waals surface area contributed by atoms with Crippen molar-refractivity contribution in [3.8, 4) is 23.0 Å². The van der Waals surface area contributed by atoms with E-state index in [0.29, 0.717) is 22.8 Å². The summed E-state index contributed by atoms with van der Waals surface area (Å²) in [6.07, 6.45) is 3.01. The molecule has 25 heavy (non-hydrogen) atoms. The van der Waals surface area contributed by atoms with Crippen LogP contribution in [0.5, 0.6) is 23.0 Å². The molecule has 0 unspecified atom stereocenters. The van der Waals surface area contributed by atoms with E-state index < -0.39 is 0 Å². The first-order valence-corrected chi connectivity index (χ1v) is 7.54. The Hall–Kier alpha value is -3.15. The summed E-state index contributed by atoms with van der Waals surface area (Å²) in [6, 6.07) is 10.6. The van der Waals surface area contributed by atoms with Gasteiger partial charge in [-0.15, -0.1) is 0 Å². The second-order valence-corrected chi connectivity index (χ2v) is 4.98. The normalized spacial score (nSPS) is 10.4. The molecule has 0 saturated carbocycles. The van der Waals surface area contributed by atoms with Crippen molar-refractivity contribution in [2.24, 2.45) is 0 Å². The fraction of sp³-hybridized carbons (Fsp3) is 0.211. The average Bonchev–Trinajstić information content (AvgIpc) is 2.67. The van der Waals surface area contributed by atoms with Crippen molar-refractivity contribution in [2.75, 3.05) is 33.8 Å². The minimum Gasteiger partial charge on any atom is -0.497 e. The van der Waals surface area contributed by atoms with Gasteiger partial charge in [0.25, 0.3) is 0 Å². The first-order valence-electron chi connectivity index (χ1n) is 7.54. The van der Waals surface area contributed by atoms with Gasteiger partial charge >= 0.3 is 0 Å². The molecular formula is C19H21NO5. The number of hydrogen-bond donors (Lipinski definition) is 1. The Kier molecular flexibility index (Phi) is 6.28. The van der Waals surface area contributed by atoms with Crippen LogP contribution < -0.4 is 24.3 Å². The number of benzene rings is 2. The Morgan fingerprint density at radius 2 is 1.48 bits per heavy atom. The van der Waals surface area contributed by atoms with Crippen LogP contribution in [0.15, 0.2) is 48.7 Å². The van der Waals surface area contributed by atoms with Crippen molar-refractivity contribution >= 4 is 11.5 Å². The fourth-order valence-electron chi connectivity index (χ4n) is 2.22. The van der Waals surface area contributed by atoms with E-state index in [1.165, 1.54) is 27.4 Å². The van der Waals surface area contributed by atoms with Crippen LogP contribution in [0.4, 0.5) is 5.69 Å². The number of hydrogen-bond acceptors (Lipinski definition) is 6. The largest absolute Gasteiger partial charge is 0.497 e. The average molecular weight is 343 g/mol. The summed E-state index contributed by atoms with van der Waals surface area (Å²) in [7, 11) is 6.14. The summed E-state index contributed by atoms with van der Waals surface area (Å²) in [5, 5.41) is 3.03. The second-order valence-electron chi connectivity index (χ2n) is 4.98. The van der Waals surface area contributed by atoms with Crippen LogP contribution in [0.2, 0.25) is 0 Å². The maximum Gasteiger partial charge on any atom is 0.203 e. The molecule has 132 valence electrons. The van der Waals surface area contributed by atoms with Crippen LogP contribution in [0.1, 0.15) is 10.4 Å². The SMILES string of the molecule is COc1ccc(N/C=C/C(=O)c2cc(OC)c(OC)c(OC)c2)cc1. The second kappa shape index (κ2) is 8.63. The van der Waals surface area contributed by atoms with Crippen LogP contribution in [-0.2, 0) is 0 Å². The molecule has 2 aromatic carbocycles. The molecule has 6 nitrogen and oxygen atoms in total. The Labute approximate surface area is 147 Å². The van der Waals surface area contributed by atoms with Gasteiger partial charge in [-0.1, -0.05) is 0 Å². The van der Waals surface area contributed by atoms with Crippen molar-refractivity contribution in [1.82, 2.24) is 0 Å². The molecule has 0 aromatic heterocycles. The molecule has 0 aliphatic heterocycles. The van der Waals surface area contributed by atoms with Gasteiger partial charge in [0.2, 0.25) is 5.75 Å². The van der Waals surface area contributed by atoms with E-state index in [1.807, 2.05) is 24.3 Å². The lowest BCUT2D eigenvalue weighted by Crippen LogP contribution is -2.01. The molecule has 6 heteroatoms. The van der Waals surface area contributed by atoms with Crippen molar-refractivity contribution < 1.29 is 23.7 Å². The molecule has 0 aliphatic carbocycles.